The molecule has 0 radical (unpaired) electrons. The third-order valence-corrected chi connectivity index (χ3v) is 4.55. The number of hydrogen-bond acceptors (Lipinski definition) is 4. The smallest absolute Gasteiger partial charge is 0.319 e. The van der Waals surface area contributed by atoms with E-state index in [-0.39, 0.29) is 24.5 Å². The lowest BCUT2D eigenvalue weighted by molar-refractivity contribution is 0.0940. The molecule has 146 valence electrons. The van der Waals surface area contributed by atoms with Crippen molar-refractivity contribution in [1.29, 1.82) is 0 Å². The van der Waals surface area contributed by atoms with Gasteiger partial charge in [-0.05, 0) is 30.5 Å². The second kappa shape index (κ2) is 8.22. The zero-order valence-electron chi connectivity index (χ0n) is 15.2. The summed E-state index contributed by atoms with van der Waals surface area (Å²) in [7, 11) is 0. The summed E-state index contributed by atoms with van der Waals surface area (Å²) >= 11 is 0. The number of ether oxygens (including phenoxy) is 1. The van der Waals surface area contributed by atoms with Gasteiger partial charge in [-0.1, -0.05) is 6.07 Å². The van der Waals surface area contributed by atoms with Gasteiger partial charge in [0.05, 0.1) is 36.5 Å². The van der Waals surface area contributed by atoms with Crippen LogP contribution in [-0.4, -0.2) is 38.1 Å². The highest BCUT2D eigenvalue weighted by molar-refractivity contribution is 5.88. The monoisotopic (exact) mass is 384 g/mol. The van der Waals surface area contributed by atoms with Crippen molar-refractivity contribution in [2.45, 2.75) is 32.0 Å². The minimum absolute atomic E-state index is 0.182. The van der Waals surface area contributed by atoms with Crippen LogP contribution in [0.4, 0.5) is 14.9 Å². The highest BCUT2D eigenvalue weighted by atomic mass is 19.1. The van der Waals surface area contributed by atoms with E-state index in [9.17, 15) is 9.18 Å². The molecule has 0 spiro atoms. The molecule has 0 bridgehead atoms. The number of benzene rings is 1. The van der Waals surface area contributed by atoms with Crippen LogP contribution in [0.2, 0.25) is 0 Å². The van der Waals surface area contributed by atoms with Crippen LogP contribution in [0.1, 0.15) is 18.4 Å². The minimum atomic E-state index is -0.381. The van der Waals surface area contributed by atoms with E-state index >= 15 is 0 Å². The zero-order chi connectivity index (χ0) is 19.3. The number of halogens is 1. The van der Waals surface area contributed by atoms with Gasteiger partial charge in [0, 0.05) is 31.7 Å². The molecule has 9 heteroatoms. The van der Waals surface area contributed by atoms with Crippen molar-refractivity contribution in [3.05, 3.63) is 60.7 Å². The fourth-order valence-electron chi connectivity index (χ4n) is 3.15. The molecule has 2 amide bonds. The van der Waals surface area contributed by atoms with Gasteiger partial charge in [0.2, 0.25) is 0 Å². The van der Waals surface area contributed by atoms with E-state index in [1.807, 2.05) is 0 Å². The molecule has 0 aliphatic carbocycles. The summed E-state index contributed by atoms with van der Waals surface area (Å²) in [5.74, 6) is -0.381. The fourth-order valence-corrected chi connectivity index (χ4v) is 3.15. The normalized spacial score (nSPS) is 16.2. The van der Waals surface area contributed by atoms with Crippen LogP contribution in [-0.2, 0) is 17.8 Å². The summed E-state index contributed by atoms with van der Waals surface area (Å²) in [6, 6.07) is 4.44. The topological polar surface area (TPSA) is 86.0 Å². The predicted molar refractivity (Wildman–Crippen MR) is 101 cm³/mol. The second-order valence-electron chi connectivity index (χ2n) is 6.65. The van der Waals surface area contributed by atoms with Gasteiger partial charge >= 0.3 is 6.03 Å². The average molecular weight is 384 g/mol. The number of nitrogens with zero attached hydrogens (tertiary/aromatic N) is 4. The molecule has 2 N–H and O–H groups in total. The van der Waals surface area contributed by atoms with Crippen LogP contribution in [0.15, 0.2) is 49.3 Å². The van der Waals surface area contributed by atoms with Gasteiger partial charge in [-0.3, -0.25) is 4.68 Å². The van der Waals surface area contributed by atoms with Crippen LogP contribution in [0, 0.1) is 5.82 Å². The molecule has 1 aliphatic rings. The first-order chi connectivity index (χ1) is 13.7. The lowest BCUT2D eigenvalue weighted by Crippen LogP contribution is -2.28. The van der Waals surface area contributed by atoms with E-state index in [1.54, 1.807) is 46.2 Å². The van der Waals surface area contributed by atoms with Gasteiger partial charge in [0.1, 0.15) is 5.82 Å². The van der Waals surface area contributed by atoms with E-state index in [2.05, 4.69) is 20.7 Å². The molecule has 1 aromatic carbocycles. The fraction of sp³-hybridized carbons (Fsp3) is 0.316. The number of anilines is 1. The Kier molecular flexibility index (Phi) is 5.34. The number of aromatic nitrogens is 4. The number of rotatable bonds is 6. The molecule has 1 atom stereocenters. The van der Waals surface area contributed by atoms with E-state index in [4.69, 9.17) is 4.74 Å². The van der Waals surface area contributed by atoms with Crippen LogP contribution in [0.5, 0.6) is 0 Å². The highest BCUT2D eigenvalue weighted by Crippen LogP contribution is 2.16. The SMILES string of the molecule is O=C(NCc1ccc(-n2ccnc2)c(F)c1)Nc1cnn(CC2CCCO2)c1. The second-order valence-corrected chi connectivity index (χ2v) is 6.65. The number of nitrogens with one attached hydrogen (secondary N) is 2. The molecule has 28 heavy (non-hydrogen) atoms. The minimum Gasteiger partial charge on any atom is -0.376 e. The van der Waals surface area contributed by atoms with Gasteiger partial charge in [0.25, 0.3) is 0 Å². The van der Waals surface area contributed by atoms with E-state index in [1.165, 1.54) is 12.4 Å². The Labute approximate surface area is 161 Å². The molecule has 1 unspecified atom stereocenters. The van der Waals surface area contributed by atoms with Crippen LogP contribution < -0.4 is 10.6 Å². The molecule has 3 aromatic rings. The van der Waals surface area contributed by atoms with Crippen molar-refractivity contribution < 1.29 is 13.9 Å². The molecule has 2 aromatic heterocycles. The number of amides is 2. The summed E-state index contributed by atoms with van der Waals surface area (Å²) < 4.78 is 23.2. The third kappa shape index (κ3) is 4.37. The van der Waals surface area contributed by atoms with Gasteiger partial charge in [0.15, 0.2) is 0 Å². The third-order valence-electron chi connectivity index (χ3n) is 4.55. The van der Waals surface area contributed by atoms with Crippen molar-refractivity contribution in [3.8, 4) is 5.69 Å². The molecule has 3 heterocycles. The predicted octanol–water partition coefficient (Wildman–Crippen LogP) is 2.71. The maximum atomic E-state index is 14.3. The van der Waals surface area contributed by atoms with Crippen molar-refractivity contribution in [2.24, 2.45) is 0 Å². The molecule has 0 saturated carbocycles. The Morgan fingerprint density at radius 1 is 1.39 bits per heavy atom. The Balaban J connectivity index is 1.28. The Hall–Kier alpha value is -3.20. The van der Waals surface area contributed by atoms with Crippen molar-refractivity contribution >= 4 is 11.7 Å². The van der Waals surface area contributed by atoms with Gasteiger partial charge in [-0.15, -0.1) is 0 Å². The van der Waals surface area contributed by atoms with E-state index in [0.29, 0.717) is 23.5 Å². The van der Waals surface area contributed by atoms with Crippen molar-refractivity contribution in [3.63, 3.8) is 0 Å². The van der Waals surface area contributed by atoms with Crippen molar-refractivity contribution in [1.82, 2.24) is 24.6 Å². The summed E-state index contributed by atoms with van der Waals surface area (Å²) in [6.07, 6.45) is 10.4. The maximum absolute atomic E-state index is 14.3. The summed E-state index contributed by atoms with van der Waals surface area (Å²) in [6.45, 7) is 1.67. The lowest BCUT2D eigenvalue weighted by atomic mass is 10.2. The van der Waals surface area contributed by atoms with Crippen LogP contribution in [0.3, 0.4) is 0 Å². The number of urea groups is 1. The molecule has 1 saturated heterocycles. The van der Waals surface area contributed by atoms with Gasteiger partial charge < -0.3 is 19.9 Å². The molecular weight excluding hydrogens is 363 g/mol. The molecule has 8 nitrogen and oxygen atoms in total. The molecular formula is C19H21FN6O2. The average Bonchev–Trinajstić information content (AvgIpc) is 3.44. The van der Waals surface area contributed by atoms with Gasteiger partial charge in [-0.25, -0.2) is 14.2 Å². The summed E-state index contributed by atoms with van der Waals surface area (Å²) in [5.41, 5.74) is 1.66. The Bertz CT molecular complexity index is 934. The van der Waals surface area contributed by atoms with Crippen LogP contribution >= 0.6 is 0 Å². The molecule has 1 aliphatic heterocycles. The van der Waals surface area contributed by atoms with Crippen LogP contribution in [0.25, 0.3) is 5.69 Å². The quantitative estimate of drug-likeness (QED) is 0.684. The largest absolute Gasteiger partial charge is 0.376 e. The number of carbonyl (C=O) groups is 1. The first-order valence-corrected chi connectivity index (χ1v) is 9.13. The molecule has 1 fully saturated rings. The number of carbonyl (C=O) groups excluding carboxylic acids is 1. The van der Waals surface area contributed by atoms with Gasteiger partial charge in [-0.2, -0.15) is 5.10 Å². The Morgan fingerprint density at radius 2 is 2.32 bits per heavy atom. The van der Waals surface area contributed by atoms with E-state index < -0.39 is 0 Å². The van der Waals surface area contributed by atoms with Crippen molar-refractivity contribution in [2.75, 3.05) is 11.9 Å². The number of hydrogen-bond donors (Lipinski definition) is 2. The highest BCUT2D eigenvalue weighted by Gasteiger charge is 2.16. The van der Waals surface area contributed by atoms with E-state index in [0.717, 1.165) is 19.4 Å². The summed E-state index contributed by atoms with van der Waals surface area (Å²) in [4.78, 5) is 16.0. The number of imidazole rings is 1. The standard InChI is InChI=1S/C19H21FN6O2/c20-17-8-14(3-4-18(17)25-6-5-21-13-25)9-22-19(27)24-15-10-23-26(11-15)12-16-2-1-7-28-16/h3-6,8,10-11,13,16H,1-2,7,9,12H2,(H2,22,24,27). The maximum Gasteiger partial charge on any atom is 0.319 e. The molecule has 4 rings (SSSR count). The lowest BCUT2D eigenvalue weighted by Gasteiger charge is -2.09. The Morgan fingerprint density at radius 3 is 3.07 bits per heavy atom. The zero-order valence-corrected chi connectivity index (χ0v) is 15.2. The first kappa shape index (κ1) is 18.2. The summed E-state index contributed by atoms with van der Waals surface area (Å²) in [5, 5.41) is 9.67. The first-order valence-electron chi connectivity index (χ1n) is 9.13.